The van der Waals surface area contributed by atoms with Gasteiger partial charge in [-0.15, -0.1) is 0 Å². The lowest BCUT2D eigenvalue weighted by Crippen LogP contribution is -2.31. The average molecular weight is 85.1 g/mol. The molecular formula is C4H9N2. The zero-order valence-electron chi connectivity index (χ0n) is 3.78. The van der Waals surface area contributed by atoms with Crippen molar-refractivity contribution in [3.8, 4) is 0 Å². The van der Waals surface area contributed by atoms with E-state index in [9.17, 15) is 0 Å². The molecule has 0 spiro atoms. The molecular weight excluding hydrogens is 76.1 g/mol. The molecule has 1 fully saturated rings. The highest BCUT2D eigenvalue weighted by Gasteiger charge is 1.94. The summed E-state index contributed by atoms with van der Waals surface area (Å²) in [6.07, 6.45) is 2.57. The molecule has 1 rings (SSSR count). The van der Waals surface area contributed by atoms with Crippen molar-refractivity contribution in [1.82, 2.24) is 10.9 Å². The van der Waals surface area contributed by atoms with E-state index in [2.05, 4.69) is 10.9 Å². The van der Waals surface area contributed by atoms with Crippen LogP contribution in [0, 0.1) is 0 Å². The average Bonchev–Trinajstić information content (AvgIpc) is 1.72. The highest BCUT2D eigenvalue weighted by atomic mass is 15.4. The van der Waals surface area contributed by atoms with E-state index in [0.29, 0.717) is 0 Å². The Morgan fingerprint density at radius 2 is 2.33 bits per heavy atom. The van der Waals surface area contributed by atoms with E-state index in [1.807, 2.05) is 0 Å². The fourth-order valence-corrected chi connectivity index (χ4v) is 0.553. The monoisotopic (exact) mass is 85.1 g/mol. The molecule has 1 N–H and O–H groups in total. The second-order valence-electron chi connectivity index (χ2n) is 1.50. The molecule has 1 aliphatic rings. The Morgan fingerprint density at radius 3 is 2.50 bits per heavy atom. The van der Waals surface area contributed by atoms with Crippen molar-refractivity contribution in [1.29, 1.82) is 0 Å². The fraction of sp³-hybridized carbons (Fsp3) is 1.00. The quantitative estimate of drug-likeness (QED) is 0.436. The molecule has 1 saturated heterocycles. The fourth-order valence-electron chi connectivity index (χ4n) is 0.553. The molecule has 0 unspecified atom stereocenters. The number of rotatable bonds is 0. The number of hydrogen-bond donors (Lipinski definition) is 1. The van der Waals surface area contributed by atoms with Crippen LogP contribution in [0.15, 0.2) is 0 Å². The molecule has 0 aromatic carbocycles. The number of nitrogens with one attached hydrogen (secondary N) is 1. The Labute approximate surface area is 37.9 Å². The SMILES string of the molecule is C1CCN[N]C1. The molecule has 2 nitrogen and oxygen atoms in total. The molecule has 0 amide bonds. The van der Waals surface area contributed by atoms with Gasteiger partial charge in [0, 0.05) is 13.1 Å². The molecule has 0 aromatic rings. The largest absolute Gasteiger partial charge is 0.240 e. The van der Waals surface area contributed by atoms with Crippen LogP contribution in [-0.2, 0) is 0 Å². The summed E-state index contributed by atoms with van der Waals surface area (Å²) in [5.74, 6) is 0. The summed E-state index contributed by atoms with van der Waals surface area (Å²) in [6, 6.07) is 0. The summed E-state index contributed by atoms with van der Waals surface area (Å²) in [4.78, 5) is 0. The summed E-state index contributed by atoms with van der Waals surface area (Å²) in [7, 11) is 0. The van der Waals surface area contributed by atoms with Crippen molar-refractivity contribution in [3.05, 3.63) is 0 Å². The Morgan fingerprint density at radius 1 is 1.33 bits per heavy atom. The number of hydrogen-bond acceptors (Lipinski definition) is 1. The maximum absolute atomic E-state index is 3.93. The van der Waals surface area contributed by atoms with Crippen molar-refractivity contribution >= 4 is 0 Å². The van der Waals surface area contributed by atoms with E-state index < -0.39 is 0 Å². The third-order valence-electron chi connectivity index (χ3n) is 0.920. The normalized spacial score (nSPS) is 24.0. The van der Waals surface area contributed by atoms with Gasteiger partial charge in [0.15, 0.2) is 0 Å². The first kappa shape index (κ1) is 4.09. The first-order valence-electron chi connectivity index (χ1n) is 2.39. The van der Waals surface area contributed by atoms with Crippen molar-refractivity contribution in [2.45, 2.75) is 12.8 Å². The standard InChI is InChI=1S/C4H9N2/c1-2-4-6-5-3-1/h5H,1-4H2. The molecule has 0 bridgehead atoms. The molecule has 35 valence electrons. The zero-order valence-corrected chi connectivity index (χ0v) is 3.78. The van der Waals surface area contributed by atoms with Gasteiger partial charge in [-0.1, -0.05) is 0 Å². The van der Waals surface area contributed by atoms with Crippen molar-refractivity contribution in [3.63, 3.8) is 0 Å². The minimum atomic E-state index is 1.01. The van der Waals surface area contributed by atoms with Gasteiger partial charge in [-0.2, -0.15) is 5.43 Å². The second kappa shape index (κ2) is 2.16. The van der Waals surface area contributed by atoms with Crippen LogP contribution in [-0.4, -0.2) is 13.1 Å². The molecule has 0 aliphatic carbocycles. The molecule has 1 aliphatic heterocycles. The van der Waals surface area contributed by atoms with Gasteiger partial charge >= 0.3 is 0 Å². The maximum Gasteiger partial charge on any atom is 0.0304 e. The van der Waals surface area contributed by atoms with Gasteiger partial charge in [0.05, 0.1) is 0 Å². The topological polar surface area (TPSA) is 26.1 Å². The van der Waals surface area contributed by atoms with E-state index in [0.717, 1.165) is 13.1 Å². The van der Waals surface area contributed by atoms with Crippen molar-refractivity contribution in [2.75, 3.05) is 13.1 Å². The van der Waals surface area contributed by atoms with Gasteiger partial charge in [0.2, 0.25) is 0 Å². The summed E-state index contributed by atoms with van der Waals surface area (Å²) in [6.45, 7) is 2.10. The highest BCUT2D eigenvalue weighted by molar-refractivity contribution is 4.50. The molecule has 0 aromatic heterocycles. The Bertz CT molecular complexity index is 21.0. The van der Waals surface area contributed by atoms with Crippen LogP contribution in [0.4, 0.5) is 0 Å². The molecule has 1 heterocycles. The predicted octanol–water partition coefficient (Wildman–Crippen LogP) is -0.111. The van der Waals surface area contributed by atoms with Crippen LogP contribution < -0.4 is 10.9 Å². The second-order valence-corrected chi connectivity index (χ2v) is 1.50. The first-order valence-corrected chi connectivity index (χ1v) is 2.39. The molecule has 0 atom stereocenters. The molecule has 6 heavy (non-hydrogen) atoms. The van der Waals surface area contributed by atoms with Crippen molar-refractivity contribution in [2.24, 2.45) is 0 Å². The lowest BCUT2D eigenvalue weighted by molar-refractivity contribution is 0.433. The van der Waals surface area contributed by atoms with Crippen LogP contribution in [0.1, 0.15) is 12.8 Å². The third-order valence-corrected chi connectivity index (χ3v) is 0.920. The summed E-state index contributed by atoms with van der Waals surface area (Å²) < 4.78 is 0. The van der Waals surface area contributed by atoms with Crippen LogP contribution >= 0.6 is 0 Å². The summed E-state index contributed by atoms with van der Waals surface area (Å²) in [5, 5.41) is 0. The van der Waals surface area contributed by atoms with Gasteiger partial charge in [0.1, 0.15) is 0 Å². The van der Waals surface area contributed by atoms with E-state index in [1.165, 1.54) is 12.8 Å². The summed E-state index contributed by atoms with van der Waals surface area (Å²) in [5.41, 5.74) is 6.84. The van der Waals surface area contributed by atoms with Gasteiger partial charge < -0.3 is 0 Å². The Kier molecular flexibility index (Phi) is 1.47. The van der Waals surface area contributed by atoms with Crippen LogP contribution in [0.2, 0.25) is 0 Å². The lowest BCUT2D eigenvalue weighted by Gasteiger charge is -2.08. The molecule has 2 heteroatoms. The van der Waals surface area contributed by atoms with E-state index in [-0.39, 0.29) is 0 Å². The number of nitrogens with zero attached hydrogens (tertiary/aromatic N) is 1. The highest BCUT2D eigenvalue weighted by Crippen LogP contribution is 1.87. The van der Waals surface area contributed by atoms with E-state index in [1.54, 1.807) is 0 Å². The predicted molar refractivity (Wildman–Crippen MR) is 24.2 cm³/mol. The molecule has 1 radical (unpaired) electrons. The van der Waals surface area contributed by atoms with Gasteiger partial charge in [-0.25, -0.2) is 5.43 Å². The van der Waals surface area contributed by atoms with Crippen LogP contribution in [0.5, 0.6) is 0 Å². The van der Waals surface area contributed by atoms with Crippen LogP contribution in [0.3, 0.4) is 0 Å². The maximum atomic E-state index is 3.93. The van der Waals surface area contributed by atoms with Gasteiger partial charge in [-0.3, -0.25) is 0 Å². The third kappa shape index (κ3) is 0.954. The Hall–Kier alpha value is -0.0800. The van der Waals surface area contributed by atoms with Gasteiger partial charge in [-0.05, 0) is 12.8 Å². The van der Waals surface area contributed by atoms with Crippen LogP contribution in [0.25, 0.3) is 0 Å². The zero-order chi connectivity index (χ0) is 4.24. The van der Waals surface area contributed by atoms with Gasteiger partial charge in [0.25, 0.3) is 0 Å². The lowest BCUT2D eigenvalue weighted by atomic mass is 10.3. The van der Waals surface area contributed by atoms with E-state index in [4.69, 9.17) is 0 Å². The van der Waals surface area contributed by atoms with Crippen molar-refractivity contribution < 1.29 is 0 Å². The summed E-state index contributed by atoms with van der Waals surface area (Å²) >= 11 is 0. The Balaban J connectivity index is 2.00. The van der Waals surface area contributed by atoms with E-state index >= 15 is 0 Å². The first-order chi connectivity index (χ1) is 3.00. The minimum absolute atomic E-state index is 1.01. The molecule has 0 saturated carbocycles. The smallest absolute Gasteiger partial charge is 0.0304 e. The minimum Gasteiger partial charge on any atom is -0.240 e.